The molecule has 2 N–H and O–H groups in total. The molecule has 4 aromatic rings. The first-order valence-electron chi connectivity index (χ1n) is 8.73. The van der Waals surface area contributed by atoms with Crippen LogP contribution >= 0.6 is 15.9 Å². The fourth-order valence-electron chi connectivity index (χ4n) is 2.81. The van der Waals surface area contributed by atoms with Crippen molar-refractivity contribution in [1.29, 1.82) is 0 Å². The summed E-state index contributed by atoms with van der Waals surface area (Å²) in [6.45, 7) is 1.64. The van der Waals surface area contributed by atoms with Gasteiger partial charge in [-0.1, -0.05) is 18.2 Å². The lowest BCUT2D eigenvalue weighted by Gasteiger charge is -2.04. The fourth-order valence-corrected chi connectivity index (χ4v) is 3.21. The lowest BCUT2D eigenvalue weighted by atomic mass is 10.1. The molecule has 3 aromatic carbocycles. The van der Waals surface area contributed by atoms with E-state index in [4.69, 9.17) is 10.2 Å². The molecule has 0 unspecified atom stereocenters. The van der Waals surface area contributed by atoms with E-state index in [2.05, 4.69) is 21.0 Å². The number of para-hydroxylation sites is 1. The second kappa shape index (κ2) is 8.87. The number of benzene rings is 3. The number of carboxylic acid groups (broad SMARTS) is 2. The zero-order chi connectivity index (χ0) is 21.8. The summed E-state index contributed by atoms with van der Waals surface area (Å²) in [4.78, 5) is 21.4. The maximum Gasteiger partial charge on any atom is 0.336 e. The Morgan fingerprint density at radius 2 is 1.67 bits per heavy atom. The van der Waals surface area contributed by atoms with Gasteiger partial charge >= 0.3 is 11.9 Å². The molecule has 8 heteroatoms. The summed E-state index contributed by atoms with van der Waals surface area (Å²) in [5.41, 5.74) is 2.41. The van der Waals surface area contributed by atoms with Crippen LogP contribution in [0.25, 0.3) is 16.6 Å². The molecule has 0 aliphatic carbocycles. The van der Waals surface area contributed by atoms with Crippen LogP contribution in [0.5, 0.6) is 0 Å². The van der Waals surface area contributed by atoms with Crippen molar-refractivity contribution in [3.8, 4) is 5.69 Å². The van der Waals surface area contributed by atoms with Crippen molar-refractivity contribution < 1.29 is 24.2 Å². The Hall–Kier alpha value is -3.52. The van der Waals surface area contributed by atoms with Gasteiger partial charge in [0.25, 0.3) is 0 Å². The molecule has 0 bridgehead atoms. The second-order valence-electron chi connectivity index (χ2n) is 6.36. The molecule has 0 spiro atoms. The third kappa shape index (κ3) is 4.55. The van der Waals surface area contributed by atoms with E-state index >= 15 is 0 Å². The number of hydrogen-bond donors (Lipinski definition) is 2. The Morgan fingerprint density at radius 3 is 2.30 bits per heavy atom. The zero-order valence-corrected chi connectivity index (χ0v) is 17.3. The Labute approximate surface area is 179 Å². The first kappa shape index (κ1) is 21.2. The molecule has 0 amide bonds. The first-order chi connectivity index (χ1) is 14.3. The number of fused-ring (bicyclic) bond motifs is 1. The molecule has 6 nitrogen and oxygen atoms in total. The van der Waals surface area contributed by atoms with Crippen LogP contribution in [0.4, 0.5) is 4.39 Å². The minimum atomic E-state index is -1.15. The quantitative estimate of drug-likeness (QED) is 0.422. The van der Waals surface area contributed by atoms with Gasteiger partial charge in [-0.15, -0.1) is 0 Å². The summed E-state index contributed by atoms with van der Waals surface area (Å²) in [7, 11) is 0. The molecule has 0 radical (unpaired) electrons. The molecule has 0 fully saturated rings. The Morgan fingerprint density at radius 1 is 1.00 bits per heavy atom. The van der Waals surface area contributed by atoms with Crippen LogP contribution in [0.1, 0.15) is 26.3 Å². The van der Waals surface area contributed by atoms with E-state index in [1.54, 1.807) is 29.9 Å². The van der Waals surface area contributed by atoms with Gasteiger partial charge < -0.3 is 10.2 Å². The number of rotatable bonds is 3. The number of halogens is 2. The van der Waals surface area contributed by atoms with Gasteiger partial charge in [0.05, 0.1) is 28.5 Å². The second-order valence-corrected chi connectivity index (χ2v) is 7.15. The van der Waals surface area contributed by atoms with Crippen molar-refractivity contribution >= 4 is 38.8 Å². The average Bonchev–Trinajstić information content (AvgIpc) is 3.15. The summed E-state index contributed by atoms with van der Waals surface area (Å²) >= 11 is 3.09. The average molecular weight is 471 g/mol. The third-order valence-electron chi connectivity index (χ3n) is 4.28. The van der Waals surface area contributed by atoms with Gasteiger partial charge in [-0.3, -0.25) is 0 Å². The van der Waals surface area contributed by atoms with E-state index in [-0.39, 0.29) is 16.9 Å². The predicted molar refractivity (Wildman–Crippen MR) is 114 cm³/mol. The van der Waals surface area contributed by atoms with Gasteiger partial charge in [-0.05, 0) is 70.9 Å². The van der Waals surface area contributed by atoms with E-state index < -0.39 is 11.9 Å². The van der Waals surface area contributed by atoms with Crippen LogP contribution in [-0.4, -0.2) is 31.9 Å². The minimum absolute atomic E-state index is 0.0249. The van der Waals surface area contributed by atoms with Gasteiger partial charge in [0.15, 0.2) is 0 Å². The normalized spacial score (nSPS) is 10.4. The maximum atomic E-state index is 12.8. The number of aromatic carboxylic acids is 2. The van der Waals surface area contributed by atoms with Gasteiger partial charge in [0, 0.05) is 9.86 Å². The monoisotopic (exact) mass is 470 g/mol. The highest BCUT2D eigenvalue weighted by atomic mass is 79.9. The highest BCUT2D eigenvalue weighted by Crippen LogP contribution is 2.23. The summed E-state index contributed by atoms with van der Waals surface area (Å²) in [5, 5.41) is 22.8. The Bertz CT molecular complexity index is 1240. The smallest absolute Gasteiger partial charge is 0.336 e. The number of hydrogen-bond acceptors (Lipinski definition) is 3. The number of aromatic nitrogens is 2. The standard InChI is InChI=1S/C13H9FN2.C9H7BrO4/c14-11-5-7-12(8-6-11)16-13-4-2-1-3-10(13)9-15-16;1-4-2-5(8(11)12)3-6(7(4)10)9(13)14/h1-9H;2-3H,1H3,(H,11,12)(H,13,14). The fraction of sp³-hybridized carbons (Fsp3) is 0.0455. The predicted octanol–water partition coefficient (Wildman–Crippen LogP) is 5.32. The number of carbonyl (C=O) groups is 2. The summed E-state index contributed by atoms with van der Waals surface area (Å²) in [5.74, 6) is -2.52. The van der Waals surface area contributed by atoms with Crippen molar-refractivity contribution in [2.75, 3.05) is 0 Å². The number of carboxylic acids is 2. The number of aryl methyl sites for hydroxylation is 1. The SMILES string of the molecule is Cc1cc(C(=O)O)cc(C(=O)O)c1Br.Fc1ccc(-n2ncc3ccccc32)cc1. The zero-order valence-electron chi connectivity index (χ0n) is 15.7. The molecule has 152 valence electrons. The van der Waals surface area contributed by atoms with Crippen LogP contribution in [-0.2, 0) is 0 Å². The van der Waals surface area contributed by atoms with Crippen LogP contribution in [0.15, 0.2) is 71.3 Å². The highest BCUT2D eigenvalue weighted by Gasteiger charge is 2.14. The lowest BCUT2D eigenvalue weighted by molar-refractivity contribution is 0.0695. The van der Waals surface area contributed by atoms with E-state index in [1.165, 1.54) is 18.2 Å². The van der Waals surface area contributed by atoms with Crippen LogP contribution in [0.2, 0.25) is 0 Å². The number of nitrogens with zero attached hydrogens (tertiary/aromatic N) is 2. The molecule has 30 heavy (non-hydrogen) atoms. The maximum absolute atomic E-state index is 12.8. The van der Waals surface area contributed by atoms with Gasteiger partial charge in [-0.2, -0.15) is 5.10 Å². The molecule has 1 aromatic heterocycles. The van der Waals surface area contributed by atoms with E-state index in [9.17, 15) is 14.0 Å². The van der Waals surface area contributed by atoms with Crippen LogP contribution in [0, 0.1) is 12.7 Å². The summed E-state index contributed by atoms with van der Waals surface area (Å²) < 4.78 is 15.0. The van der Waals surface area contributed by atoms with Gasteiger partial charge in [-0.25, -0.2) is 18.7 Å². The van der Waals surface area contributed by atoms with E-state index in [0.29, 0.717) is 10.0 Å². The highest BCUT2D eigenvalue weighted by molar-refractivity contribution is 9.10. The molecule has 0 saturated carbocycles. The largest absolute Gasteiger partial charge is 0.478 e. The van der Waals surface area contributed by atoms with Crippen molar-refractivity contribution in [1.82, 2.24) is 9.78 Å². The van der Waals surface area contributed by atoms with Crippen LogP contribution in [0.3, 0.4) is 0 Å². The first-order valence-corrected chi connectivity index (χ1v) is 9.52. The minimum Gasteiger partial charge on any atom is -0.478 e. The molecule has 1 heterocycles. The van der Waals surface area contributed by atoms with Gasteiger partial charge in [0.1, 0.15) is 5.82 Å². The summed E-state index contributed by atoms with van der Waals surface area (Å²) in [6, 6.07) is 16.8. The molecule has 4 rings (SSSR count). The molecular weight excluding hydrogens is 455 g/mol. The molecule has 0 aliphatic heterocycles. The van der Waals surface area contributed by atoms with E-state index in [1.807, 2.05) is 24.3 Å². The van der Waals surface area contributed by atoms with E-state index in [0.717, 1.165) is 22.7 Å². The topological polar surface area (TPSA) is 92.4 Å². The van der Waals surface area contributed by atoms with Crippen molar-refractivity contribution in [3.05, 3.63) is 93.8 Å². The molecule has 0 aliphatic rings. The summed E-state index contributed by atoms with van der Waals surface area (Å²) in [6.07, 6.45) is 1.80. The van der Waals surface area contributed by atoms with Crippen molar-refractivity contribution in [2.45, 2.75) is 6.92 Å². The molecular formula is C22H16BrFN2O4. The molecule has 0 saturated heterocycles. The van der Waals surface area contributed by atoms with Crippen LogP contribution < -0.4 is 0 Å². The van der Waals surface area contributed by atoms with Gasteiger partial charge in [0.2, 0.25) is 0 Å². The lowest BCUT2D eigenvalue weighted by Crippen LogP contribution is -2.04. The Kier molecular flexibility index (Phi) is 6.27. The Balaban J connectivity index is 0.000000173. The third-order valence-corrected chi connectivity index (χ3v) is 5.33. The molecule has 0 atom stereocenters. The van der Waals surface area contributed by atoms with Crippen molar-refractivity contribution in [3.63, 3.8) is 0 Å². The van der Waals surface area contributed by atoms with Crippen molar-refractivity contribution in [2.24, 2.45) is 0 Å².